The van der Waals surface area contributed by atoms with Gasteiger partial charge in [-0.1, -0.05) is 11.6 Å². The normalized spacial score (nSPS) is 36.4. The molecule has 1 rings (SSSR count). The fraction of sp³-hybridized carbons (Fsp3) is 0.667. The maximum atomic E-state index is 12.7. The molecule has 0 heterocycles. The number of alkyl halides is 8. The zero-order valence-electron chi connectivity index (χ0n) is 6.78. The van der Waals surface area contributed by atoms with Gasteiger partial charge in [0, 0.05) is 0 Å². The van der Waals surface area contributed by atoms with Gasteiger partial charge >= 0.3 is 22.9 Å². The van der Waals surface area contributed by atoms with Crippen LogP contribution in [0.5, 0.6) is 0 Å². The standard InChI is InChI=1S/C6ClF9/c7-5(14)3(10,11)1(8)2(9)4(12,13)6(5,15)16. The monoisotopic (exact) mass is 278 g/mol. The molecule has 0 radical (unpaired) electrons. The van der Waals surface area contributed by atoms with Crippen molar-refractivity contribution in [2.75, 3.05) is 0 Å². The van der Waals surface area contributed by atoms with Crippen molar-refractivity contribution in [3.63, 3.8) is 0 Å². The Bertz CT molecular complexity index is 321. The number of hydrogen-bond donors (Lipinski definition) is 0. The molecular formula is C6ClF9. The topological polar surface area (TPSA) is 0 Å². The van der Waals surface area contributed by atoms with Crippen LogP contribution in [0.2, 0.25) is 0 Å². The quantitative estimate of drug-likeness (QED) is 0.465. The van der Waals surface area contributed by atoms with E-state index in [9.17, 15) is 39.5 Å². The summed E-state index contributed by atoms with van der Waals surface area (Å²) in [6, 6.07) is 0. The van der Waals surface area contributed by atoms with Gasteiger partial charge in [-0.05, 0) is 0 Å². The van der Waals surface area contributed by atoms with Crippen molar-refractivity contribution in [1.82, 2.24) is 0 Å². The van der Waals surface area contributed by atoms with Crippen LogP contribution in [0.25, 0.3) is 0 Å². The Morgan fingerprint density at radius 3 is 1.38 bits per heavy atom. The third-order valence-electron chi connectivity index (χ3n) is 1.93. The van der Waals surface area contributed by atoms with Gasteiger partial charge in [0.1, 0.15) is 0 Å². The first kappa shape index (κ1) is 13.5. The van der Waals surface area contributed by atoms with Crippen LogP contribution in [0.3, 0.4) is 0 Å². The van der Waals surface area contributed by atoms with Crippen LogP contribution < -0.4 is 0 Å². The summed E-state index contributed by atoms with van der Waals surface area (Å²) in [5.41, 5.74) is 0. The molecule has 0 fully saturated rings. The first-order valence-corrected chi connectivity index (χ1v) is 3.77. The lowest BCUT2D eigenvalue weighted by atomic mass is 9.91. The largest absolute Gasteiger partial charge is 0.370 e. The highest BCUT2D eigenvalue weighted by atomic mass is 35.5. The molecule has 0 spiro atoms. The molecule has 0 nitrogen and oxygen atoms in total. The molecule has 0 saturated heterocycles. The Kier molecular flexibility index (Phi) is 2.52. The second-order valence-electron chi connectivity index (χ2n) is 2.93. The molecule has 0 bridgehead atoms. The first-order valence-electron chi connectivity index (χ1n) is 3.39. The molecule has 1 aliphatic carbocycles. The third-order valence-corrected chi connectivity index (χ3v) is 2.40. The fourth-order valence-corrected chi connectivity index (χ4v) is 1.15. The van der Waals surface area contributed by atoms with Crippen molar-refractivity contribution in [2.24, 2.45) is 0 Å². The minimum Gasteiger partial charge on any atom is -0.212 e. The van der Waals surface area contributed by atoms with Gasteiger partial charge in [-0.3, -0.25) is 0 Å². The molecule has 0 aromatic carbocycles. The predicted octanol–water partition coefficient (Wildman–Crippen LogP) is 3.96. The molecule has 1 unspecified atom stereocenters. The summed E-state index contributed by atoms with van der Waals surface area (Å²) in [7, 11) is 0. The van der Waals surface area contributed by atoms with Crippen LogP contribution in [0, 0.1) is 0 Å². The van der Waals surface area contributed by atoms with Crippen LogP contribution in [0.15, 0.2) is 11.7 Å². The molecule has 1 atom stereocenters. The van der Waals surface area contributed by atoms with E-state index in [1.54, 1.807) is 0 Å². The van der Waals surface area contributed by atoms with Crippen molar-refractivity contribution in [3.05, 3.63) is 11.7 Å². The van der Waals surface area contributed by atoms with Crippen molar-refractivity contribution in [3.8, 4) is 0 Å². The molecule has 10 heteroatoms. The van der Waals surface area contributed by atoms with Gasteiger partial charge in [0.05, 0.1) is 0 Å². The Morgan fingerprint density at radius 1 is 0.688 bits per heavy atom. The van der Waals surface area contributed by atoms with Crippen LogP contribution >= 0.6 is 11.6 Å². The lowest BCUT2D eigenvalue weighted by Gasteiger charge is -2.40. The highest BCUT2D eigenvalue weighted by Crippen LogP contribution is 2.63. The van der Waals surface area contributed by atoms with E-state index in [0.29, 0.717) is 0 Å². The summed E-state index contributed by atoms with van der Waals surface area (Å²) in [6.07, 6.45) is 0. The average molecular weight is 279 g/mol. The second-order valence-corrected chi connectivity index (χ2v) is 3.45. The Morgan fingerprint density at radius 2 is 1.00 bits per heavy atom. The molecule has 16 heavy (non-hydrogen) atoms. The van der Waals surface area contributed by atoms with Crippen molar-refractivity contribution >= 4 is 11.6 Å². The highest BCUT2D eigenvalue weighted by molar-refractivity contribution is 6.24. The van der Waals surface area contributed by atoms with E-state index in [0.717, 1.165) is 0 Å². The van der Waals surface area contributed by atoms with Crippen molar-refractivity contribution in [2.45, 2.75) is 22.9 Å². The van der Waals surface area contributed by atoms with E-state index < -0.39 is 34.5 Å². The van der Waals surface area contributed by atoms with Gasteiger partial charge < -0.3 is 0 Å². The number of allylic oxidation sites excluding steroid dienone is 2. The molecule has 0 N–H and O–H groups in total. The second kappa shape index (κ2) is 2.99. The zero-order valence-corrected chi connectivity index (χ0v) is 7.54. The van der Waals surface area contributed by atoms with E-state index in [4.69, 9.17) is 0 Å². The SMILES string of the molecule is FC1=C(F)C(F)(F)C(F)(Cl)C(F)(F)C1(F)F. The maximum Gasteiger partial charge on any atom is 0.370 e. The average Bonchev–Trinajstić information content (AvgIpc) is 2.12. The minimum atomic E-state index is -6.30. The summed E-state index contributed by atoms with van der Waals surface area (Å²) >= 11 is 3.91. The Hall–Kier alpha value is -0.600. The van der Waals surface area contributed by atoms with Gasteiger partial charge in [0.2, 0.25) is 11.7 Å². The summed E-state index contributed by atoms with van der Waals surface area (Å²) in [4.78, 5) is 0. The van der Waals surface area contributed by atoms with Crippen LogP contribution in [0.1, 0.15) is 0 Å². The van der Waals surface area contributed by atoms with Gasteiger partial charge in [-0.25, -0.2) is 13.2 Å². The molecule has 1 aliphatic rings. The summed E-state index contributed by atoms with van der Waals surface area (Å²) in [6.45, 7) is 0. The van der Waals surface area contributed by atoms with Crippen LogP contribution in [-0.4, -0.2) is 22.9 Å². The van der Waals surface area contributed by atoms with E-state index in [1.807, 2.05) is 0 Å². The molecule has 94 valence electrons. The summed E-state index contributed by atoms with van der Waals surface area (Å²) < 4.78 is 112. The number of rotatable bonds is 0. The summed E-state index contributed by atoms with van der Waals surface area (Å²) in [5, 5.41) is -5.76. The van der Waals surface area contributed by atoms with Crippen molar-refractivity contribution < 1.29 is 39.5 Å². The van der Waals surface area contributed by atoms with Gasteiger partial charge in [0.15, 0.2) is 0 Å². The van der Waals surface area contributed by atoms with Crippen molar-refractivity contribution in [1.29, 1.82) is 0 Å². The lowest BCUT2D eigenvalue weighted by molar-refractivity contribution is -0.295. The highest BCUT2D eigenvalue weighted by Gasteiger charge is 2.85. The predicted molar refractivity (Wildman–Crippen MR) is 33.8 cm³/mol. The van der Waals surface area contributed by atoms with E-state index in [1.165, 1.54) is 0 Å². The molecule has 0 amide bonds. The number of halogens is 10. The van der Waals surface area contributed by atoms with Crippen LogP contribution in [0.4, 0.5) is 39.5 Å². The zero-order chi connectivity index (χ0) is 13.2. The lowest BCUT2D eigenvalue weighted by Crippen LogP contribution is -2.65. The van der Waals surface area contributed by atoms with E-state index >= 15 is 0 Å². The molecular weight excluding hydrogens is 279 g/mol. The van der Waals surface area contributed by atoms with Gasteiger partial charge in [0.25, 0.3) is 0 Å². The number of hydrogen-bond acceptors (Lipinski definition) is 0. The first-order chi connectivity index (χ1) is 6.82. The Labute approximate surface area is 86.7 Å². The third kappa shape index (κ3) is 1.15. The Balaban J connectivity index is 3.64. The molecule has 0 aliphatic heterocycles. The van der Waals surface area contributed by atoms with Gasteiger partial charge in [-0.2, -0.15) is 26.3 Å². The molecule has 0 saturated carbocycles. The van der Waals surface area contributed by atoms with Gasteiger partial charge in [-0.15, -0.1) is 0 Å². The van der Waals surface area contributed by atoms with E-state index in [-0.39, 0.29) is 0 Å². The summed E-state index contributed by atoms with van der Waals surface area (Å²) in [5.74, 6) is -25.7. The fourth-order valence-electron chi connectivity index (χ4n) is 0.946. The maximum absolute atomic E-state index is 12.7. The smallest absolute Gasteiger partial charge is 0.212 e. The van der Waals surface area contributed by atoms with Crippen LogP contribution in [-0.2, 0) is 0 Å². The minimum absolute atomic E-state index is 3.65. The van der Waals surface area contributed by atoms with E-state index in [2.05, 4.69) is 11.6 Å². The molecule has 0 aromatic rings. The molecule has 0 aromatic heterocycles.